The molecular formula is C8H12BrNO. The minimum absolute atomic E-state index is 0.181. The van der Waals surface area contributed by atoms with E-state index in [4.69, 9.17) is 0 Å². The molecule has 0 saturated carbocycles. The van der Waals surface area contributed by atoms with E-state index in [1.165, 1.54) is 0 Å². The Bertz CT molecular complexity index is 183. The van der Waals surface area contributed by atoms with Gasteiger partial charge in [0.1, 0.15) is 0 Å². The van der Waals surface area contributed by atoms with Crippen LogP contribution in [-0.4, -0.2) is 40.1 Å². The van der Waals surface area contributed by atoms with Gasteiger partial charge in [0, 0.05) is 19.1 Å². The fourth-order valence-electron chi connectivity index (χ4n) is 1.87. The predicted molar refractivity (Wildman–Crippen MR) is 47.8 cm³/mol. The summed E-state index contributed by atoms with van der Waals surface area (Å²) < 4.78 is 0. The second-order valence-corrected chi connectivity index (χ2v) is 4.41. The van der Waals surface area contributed by atoms with E-state index in [1.807, 2.05) is 0 Å². The maximum absolute atomic E-state index is 9.67. The molecule has 62 valence electrons. The molecule has 2 heterocycles. The number of alkyl halides is 1. The average molecular weight is 218 g/mol. The van der Waals surface area contributed by atoms with Crippen LogP contribution < -0.4 is 0 Å². The maximum atomic E-state index is 9.67. The first-order chi connectivity index (χ1) is 5.29. The minimum Gasteiger partial charge on any atom is -0.390 e. The molecule has 0 radical (unpaired) electrons. The Morgan fingerprint density at radius 2 is 2.27 bits per heavy atom. The summed E-state index contributed by atoms with van der Waals surface area (Å²) in [5.74, 6) is 0. The van der Waals surface area contributed by atoms with Gasteiger partial charge in [-0.15, -0.1) is 0 Å². The molecule has 1 saturated heterocycles. The van der Waals surface area contributed by atoms with Crippen LogP contribution >= 0.6 is 15.9 Å². The summed E-state index contributed by atoms with van der Waals surface area (Å²) in [7, 11) is 0. The summed E-state index contributed by atoms with van der Waals surface area (Å²) in [4.78, 5) is 2.59. The highest BCUT2D eigenvalue weighted by Gasteiger charge is 2.38. The topological polar surface area (TPSA) is 23.5 Å². The Labute approximate surface area is 75.0 Å². The largest absolute Gasteiger partial charge is 0.390 e. The fraction of sp³-hybridized carbons (Fsp3) is 0.750. The van der Waals surface area contributed by atoms with Crippen molar-refractivity contribution in [1.29, 1.82) is 0 Å². The first kappa shape index (κ1) is 7.77. The van der Waals surface area contributed by atoms with Crippen molar-refractivity contribution < 1.29 is 5.11 Å². The molecule has 0 bridgehead atoms. The molecule has 0 amide bonds. The number of aliphatic hydroxyl groups is 1. The smallest absolute Gasteiger partial charge is 0.0835 e. The molecule has 3 unspecified atom stereocenters. The van der Waals surface area contributed by atoms with Crippen molar-refractivity contribution in [3.63, 3.8) is 0 Å². The summed E-state index contributed by atoms with van der Waals surface area (Å²) in [5, 5.41) is 9.67. The summed E-state index contributed by atoms with van der Waals surface area (Å²) in [5.41, 5.74) is 0. The number of hydrogen-bond donors (Lipinski definition) is 1. The van der Waals surface area contributed by atoms with E-state index in [2.05, 4.69) is 33.0 Å². The zero-order valence-corrected chi connectivity index (χ0v) is 7.87. The third-order valence-corrected chi connectivity index (χ3v) is 3.36. The molecule has 1 fully saturated rings. The molecule has 0 aromatic rings. The Hall–Kier alpha value is 0.140. The van der Waals surface area contributed by atoms with E-state index in [9.17, 15) is 5.11 Å². The highest BCUT2D eigenvalue weighted by Crippen LogP contribution is 2.28. The van der Waals surface area contributed by atoms with Gasteiger partial charge in [-0.05, 0) is 6.42 Å². The fourth-order valence-corrected chi connectivity index (χ4v) is 2.59. The Balaban J connectivity index is 2.12. The molecule has 2 nitrogen and oxygen atoms in total. The van der Waals surface area contributed by atoms with Gasteiger partial charge in [0.2, 0.25) is 0 Å². The van der Waals surface area contributed by atoms with Gasteiger partial charge in [0.05, 0.1) is 10.9 Å². The van der Waals surface area contributed by atoms with E-state index in [1.54, 1.807) is 0 Å². The van der Waals surface area contributed by atoms with Crippen LogP contribution in [0.2, 0.25) is 0 Å². The predicted octanol–water partition coefficient (Wildman–Crippen LogP) is 0.755. The van der Waals surface area contributed by atoms with Gasteiger partial charge >= 0.3 is 0 Å². The molecule has 2 aliphatic rings. The van der Waals surface area contributed by atoms with Gasteiger partial charge in [-0.3, -0.25) is 4.90 Å². The third-order valence-electron chi connectivity index (χ3n) is 2.53. The number of rotatable bonds is 0. The summed E-state index contributed by atoms with van der Waals surface area (Å²) >= 11 is 3.47. The van der Waals surface area contributed by atoms with E-state index < -0.39 is 0 Å². The van der Waals surface area contributed by atoms with Gasteiger partial charge in [-0.1, -0.05) is 28.1 Å². The molecular weight excluding hydrogens is 206 g/mol. The van der Waals surface area contributed by atoms with Crippen LogP contribution in [-0.2, 0) is 0 Å². The van der Waals surface area contributed by atoms with Crippen LogP contribution in [0.5, 0.6) is 0 Å². The lowest BCUT2D eigenvalue weighted by Crippen LogP contribution is -2.37. The summed E-state index contributed by atoms with van der Waals surface area (Å²) in [6.07, 6.45) is 5.16. The molecule has 2 rings (SSSR count). The molecule has 0 aliphatic carbocycles. The van der Waals surface area contributed by atoms with Crippen molar-refractivity contribution in [1.82, 2.24) is 4.90 Å². The monoisotopic (exact) mass is 217 g/mol. The lowest BCUT2D eigenvalue weighted by Gasteiger charge is -2.26. The van der Waals surface area contributed by atoms with Gasteiger partial charge in [-0.2, -0.15) is 0 Å². The summed E-state index contributed by atoms with van der Waals surface area (Å²) in [6.45, 7) is 1.99. The van der Waals surface area contributed by atoms with E-state index in [0.717, 1.165) is 19.5 Å². The summed E-state index contributed by atoms with van der Waals surface area (Å²) in [6, 6.07) is 0.365. The molecule has 0 spiro atoms. The van der Waals surface area contributed by atoms with Crippen LogP contribution in [0, 0.1) is 0 Å². The first-order valence-electron chi connectivity index (χ1n) is 4.00. The van der Waals surface area contributed by atoms with Crippen molar-refractivity contribution in [2.75, 3.05) is 13.1 Å². The molecule has 1 N–H and O–H groups in total. The van der Waals surface area contributed by atoms with Gasteiger partial charge < -0.3 is 5.11 Å². The van der Waals surface area contributed by atoms with E-state index >= 15 is 0 Å². The third kappa shape index (κ3) is 1.25. The molecule has 0 aromatic carbocycles. The maximum Gasteiger partial charge on any atom is 0.0835 e. The van der Waals surface area contributed by atoms with Crippen LogP contribution in [0.15, 0.2) is 12.2 Å². The SMILES string of the molecule is OC1C(Br)CN2CC=CCC12. The van der Waals surface area contributed by atoms with Crippen molar-refractivity contribution in [2.24, 2.45) is 0 Å². The van der Waals surface area contributed by atoms with Crippen molar-refractivity contribution in [3.8, 4) is 0 Å². The number of aliphatic hydroxyl groups excluding tert-OH is 1. The first-order valence-corrected chi connectivity index (χ1v) is 4.92. The Morgan fingerprint density at radius 3 is 3.00 bits per heavy atom. The highest BCUT2D eigenvalue weighted by molar-refractivity contribution is 9.09. The molecule has 3 heteroatoms. The second-order valence-electron chi connectivity index (χ2n) is 3.23. The number of nitrogens with zero attached hydrogens (tertiary/aromatic N) is 1. The molecule has 11 heavy (non-hydrogen) atoms. The van der Waals surface area contributed by atoms with Crippen LogP contribution in [0.25, 0.3) is 0 Å². The van der Waals surface area contributed by atoms with Crippen LogP contribution in [0.1, 0.15) is 6.42 Å². The number of halogens is 1. The average Bonchev–Trinajstić information content (AvgIpc) is 2.30. The van der Waals surface area contributed by atoms with Crippen LogP contribution in [0.3, 0.4) is 0 Å². The Kier molecular flexibility index (Phi) is 2.04. The molecule has 0 aromatic heterocycles. The molecule has 2 aliphatic heterocycles. The van der Waals surface area contributed by atoms with Gasteiger partial charge in [-0.25, -0.2) is 0 Å². The van der Waals surface area contributed by atoms with E-state index in [0.29, 0.717) is 6.04 Å². The van der Waals surface area contributed by atoms with Crippen molar-refractivity contribution >= 4 is 15.9 Å². The van der Waals surface area contributed by atoms with Gasteiger partial charge in [0.15, 0.2) is 0 Å². The second kappa shape index (κ2) is 2.88. The quantitative estimate of drug-likeness (QED) is 0.479. The lowest BCUT2D eigenvalue weighted by atomic mass is 10.1. The zero-order valence-electron chi connectivity index (χ0n) is 6.28. The van der Waals surface area contributed by atoms with E-state index in [-0.39, 0.29) is 10.9 Å². The molecule has 3 atom stereocenters. The van der Waals surface area contributed by atoms with Crippen molar-refractivity contribution in [2.45, 2.75) is 23.4 Å². The Morgan fingerprint density at radius 1 is 1.45 bits per heavy atom. The lowest BCUT2D eigenvalue weighted by molar-refractivity contribution is 0.121. The number of fused-ring (bicyclic) bond motifs is 1. The standard InChI is InChI=1S/C8H12BrNO/c9-6-5-10-4-2-1-3-7(10)8(6)11/h1-2,6-8,11H,3-5H2. The van der Waals surface area contributed by atoms with Crippen molar-refractivity contribution in [3.05, 3.63) is 12.2 Å². The minimum atomic E-state index is -0.181. The normalized spacial score (nSPS) is 44.4. The van der Waals surface area contributed by atoms with Gasteiger partial charge in [0.25, 0.3) is 0 Å². The zero-order chi connectivity index (χ0) is 7.84. The number of hydrogen-bond acceptors (Lipinski definition) is 2. The highest BCUT2D eigenvalue weighted by atomic mass is 79.9. The van der Waals surface area contributed by atoms with Crippen LogP contribution in [0.4, 0.5) is 0 Å².